The number of carbonyl (C=O) groups is 2. The van der Waals surface area contributed by atoms with E-state index in [0.29, 0.717) is 18.3 Å². The number of hydrogen-bond acceptors (Lipinski definition) is 6. The number of aromatic nitrogens is 1. The minimum absolute atomic E-state index is 0.0608. The van der Waals surface area contributed by atoms with Crippen LogP contribution in [-0.4, -0.2) is 22.8 Å². The minimum Gasteiger partial charge on any atom is -0.384 e. The Morgan fingerprint density at radius 1 is 1.33 bits per heavy atom. The number of thiophene rings is 1. The van der Waals surface area contributed by atoms with Crippen LogP contribution in [-0.2, 0) is 22.6 Å². The number of nitrogens with zero attached hydrogens (tertiary/aromatic N) is 2. The first kappa shape index (κ1) is 21.8. The van der Waals surface area contributed by atoms with Gasteiger partial charge in [0, 0.05) is 23.0 Å². The molecule has 1 fully saturated rings. The van der Waals surface area contributed by atoms with Crippen LogP contribution in [0.1, 0.15) is 47.2 Å². The zero-order valence-electron chi connectivity index (χ0n) is 17.3. The van der Waals surface area contributed by atoms with Crippen molar-refractivity contribution in [2.24, 2.45) is 11.8 Å². The summed E-state index contributed by atoms with van der Waals surface area (Å²) >= 11 is 1.52. The van der Waals surface area contributed by atoms with Crippen molar-refractivity contribution < 1.29 is 9.59 Å². The fourth-order valence-corrected chi connectivity index (χ4v) is 4.78. The molecular weight excluding hydrogens is 398 g/mol. The summed E-state index contributed by atoms with van der Waals surface area (Å²) in [6.07, 6.45) is 3.54. The van der Waals surface area contributed by atoms with Gasteiger partial charge in [0.25, 0.3) is 0 Å². The summed E-state index contributed by atoms with van der Waals surface area (Å²) in [5.74, 6) is 0.536. The van der Waals surface area contributed by atoms with Gasteiger partial charge in [-0.05, 0) is 69.2 Å². The second-order valence-electron chi connectivity index (χ2n) is 7.89. The van der Waals surface area contributed by atoms with Crippen LogP contribution < -0.4 is 16.4 Å². The lowest BCUT2D eigenvalue weighted by Crippen LogP contribution is -2.46. The van der Waals surface area contributed by atoms with Crippen molar-refractivity contribution in [3.63, 3.8) is 0 Å². The van der Waals surface area contributed by atoms with Crippen molar-refractivity contribution in [3.8, 4) is 6.07 Å². The summed E-state index contributed by atoms with van der Waals surface area (Å²) in [6.45, 7) is 3.88. The molecule has 0 unspecified atom stereocenters. The highest BCUT2D eigenvalue weighted by molar-refractivity contribution is 7.12. The molecule has 0 saturated heterocycles. The van der Waals surface area contributed by atoms with Gasteiger partial charge < -0.3 is 16.4 Å². The van der Waals surface area contributed by atoms with E-state index in [0.717, 1.165) is 41.8 Å². The second-order valence-corrected chi connectivity index (χ2v) is 9.05. The van der Waals surface area contributed by atoms with E-state index in [2.05, 4.69) is 21.7 Å². The Hall–Kier alpha value is -2.92. The molecule has 0 spiro atoms. The molecule has 0 aliphatic heterocycles. The van der Waals surface area contributed by atoms with E-state index in [1.54, 1.807) is 13.0 Å². The van der Waals surface area contributed by atoms with Gasteiger partial charge in [-0.1, -0.05) is 6.07 Å². The van der Waals surface area contributed by atoms with Gasteiger partial charge in [-0.3, -0.25) is 9.59 Å². The zero-order valence-corrected chi connectivity index (χ0v) is 18.1. The molecule has 4 N–H and O–H groups in total. The molecule has 30 heavy (non-hydrogen) atoms. The average molecular weight is 426 g/mol. The molecule has 2 aromatic rings. The van der Waals surface area contributed by atoms with Crippen LogP contribution >= 0.6 is 11.3 Å². The topological polar surface area (TPSA) is 121 Å². The average Bonchev–Trinajstić information content (AvgIpc) is 3.36. The highest BCUT2D eigenvalue weighted by Crippen LogP contribution is 2.34. The van der Waals surface area contributed by atoms with E-state index in [9.17, 15) is 9.59 Å². The molecule has 0 aromatic carbocycles. The molecule has 3 rings (SSSR count). The van der Waals surface area contributed by atoms with Gasteiger partial charge >= 0.3 is 0 Å². The molecule has 1 saturated carbocycles. The maximum absolute atomic E-state index is 12.6. The fraction of sp³-hybridized carbons (Fsp3) is 0.455. The number of hydrogen-bond donors (Lipinski definition) is 3. The molecule has 0 bridgehead atoms. The molecule has 3 atom stereocenters. The second kappa shape index (κ2) is 9.72. The van der Waals surface area contributed by atoms with Crippen molar-refractivity contribution in [1.82, 2.24) is 15.6 Å². The highest BCUT2D eigenvalue weighted by atomic mass is 32.1. The van der Waals surface area contributed by atoms with Gasteiger partial charge in [-0.15, -0.1) is 11.3 Å². The molecule has 7 nitrogen and oxygen atoms in total. The molecule has 158 valence electrons. The van der Waals surface area contributed by atoms with E-state index in [-0.39, 0.29) is 17.7 Å². The smallest absolute Gasteiger partial charge is 0.242 e. The summed E-state index contributed by atoms with van der Waals surface area (Å²) in [5.41, 5.74) is 7.31. The van der Waals surface area contributed by atoms with Crippen LogP contribution in [0, 0.1) is 30.1 Å². The number of nitrogens with two attached hydrogens (primary N) is 1. The molecule has 0 radical (unpaired) electrons. The third-order valence-electron chi connectivity index (χ3n) is 5.60. The standard InChI is InChI=1S/C22H27N5O2S/c1-13-17(5-8-20(24)26-13)12-25-21(28)14(2)27-22(29)16-4-3-15(9-16)10-18-6-7-19(11-23)30-18/h5-8,14-16H,3-4,9-10,12H2,1-2H3,(H2,24,26)(H,25,28)(H,27,29)/t14-,15+,16+/m0/s1. The van der Waals surface area contributed by atoms with Crippen molar-refractivity contribution in [2.45, 2.75) is 52.1 Å². The number of nitrogen functional groups attached to an aromatic ring is 1. The largest absolute Gasteiger partial charge is 0.384 e. The third kappa shape index (κ3) is 5.57. The molecule has 2 amide bonds. The van der Waals surface area contributed by atoms with Crippen molar-refractivity contribution in [2.75, 3.05) is 5.73 Å². The maximum Gasteiger partial charge on any atom is 0.242 e. The number of carbonyl (C=O) groups excluding carboxylic acids is 2. The Bertz CT molecular complexity index is 965. The van der Waals surface area contributed by atoms with Gasteiger partial charge in [0.2, 0.25) is 11.8 Å². The highest BCUT2D eigenvalue weighted by Gasteiger charge is 2.31. The number of nitriles is 1. The lowest BCUT2D eigenvalue weighted by Gasteiger charge is -2.17. The number of nitrogens with one attached hydrogen (secondary N) is 2. The Balaban J connectivity index is 1.44. The van der Waals surface area contributed by atoms with Crippen LogP contribution in [0.5, 0.6) is 0 Å². The molecule has 8 heteroatoms. The Morgan fingerprint density at radius 2 is 2.13 bits per heavy atom. The van der Waals surface area contributed by atoms with E-state index < -0.39 is 6.04 Å². The van der Waals surface area contributed by atoms with Gasteiger partial charge in [-0.2, -0.15) is 5.26 Å². The van der Waals surface area contributed by atoms with Crippen LogP contribution in [0.25, 0.3) is 0 Å². The van der Waals surface area contributed by atoms with Gasteiger partial charge in [0.05, 0.1) is 0 Å². The normalized spacial score (nSPS) is 19.1. The number of aryl methyl sites for hydroxylation is 1. The minimum atomic E-state index is -0.603. The number of amides is 2. The third-order valence-corrected chi connectivity index (χ3v) is 6.61. The SMILES string of the molecule is Cc1nc(N)ccc1CNC(=O)[C@H](C)NC(=O)[C@@H]1CC[C@@H](Cc2ccc(C#N)s2)C1. The zero-order chi connectivity index (χ0) is 21.7. The monoisotopic (exact) mass is 425 g/mol. The lowest BCUT2D eigenvalue weighted by atomic mass is 10.00. The van der Waals surface area contributed by atoms with Crippen LogP contribution in [0.3, 0.4) is 0 Å². The van der Waals surface area contributed by atoms with Crippen LogP contribution in [0.4, 0.5) is 5.82 Å². The van der Waals surface area contributed by atoms with E-state index in [1.165, 1.54) is 16.2 Å². The maximum atomic E-state index is 12.6. The van der Waals surface area contributed by atoms with Crippen LogP contribution in [0.15, 0.2) is 24.3 Å². The first-order chi connectivity index (χ1) is 14.4. The Labute approximate surface area is 180 Å². The van der Waals surface area contributed by atoms with Gasteiger partial charge in [-0.25, -0.2) is 4.98 Å². The van der Waals surface area contributed by atoms with Gasteiger partial charge in [0.1, 0.15) is 22.8 Å². The van der Waals surface area contributed by atoms with Crippen molar-refractivity contribution >= 4 is 29.0 Å². The quantitative estimate of drug-likeness (QED) is 0.630. The predicted octanol–water partition coefficient (Wildman–Crippen LogP) is 2.69. The fourth-order valence-electron chi connectivity index (χ4n) is 3.86. The predicted molar refractivity (Wildman–Crippen MR) is 116 cm³/mol. The molecule has 2 heterocycles. The van der Waals surface area contributed by atoms with Gasteiger partial charge in [0.15, 0.2) is 0 Å². The molecular formula is C22H27N5O2S. The van der Waals surface area contributed by atoms with Crippen LogP contribution in [0.2, 0.25) is 0 Å². The first-order valence-corrected chi connectivity index (χ1v) is 11.0. The summed E-state index contributed by atoms with van der Waals surface area (Å²) in [6, 6.07) is 8.95. The summed E-state index contributed by atoms with van der Waals surface area (Å²) in [5, 5.41) is 14.6. The Kier molecular flexibility index (Phi) is 7.06. The Morgan fingerprint density at radius 3 is 2.83 bits per heavy atom. The molecule has 1 aliphatic carbocycles. The summed E-state index contributed by atoms with van der Waals surface area (Å²) in [7, 11) is 0. The molecule has 1 aliphatic rings. The van der Waals surface area contributed by atoms with E-state index in [4.69, 9.17) is 11.0 Å². The first-order valence-electron chi connectivity index (χ1n) is 10.1. The molecule has 2 aromatic heterocycles. The number of pyridine rings is 1. The van der Waals surface area contributed by atoms with E-state index >= 15 is 0 Å². The van der Waals surface area contributed by atoms with E-state index in [1.807, 2.05) is 25.1 Å². The summed E-state index contributed by atoms with van der Waals surface area (Å²) in [4.78, 5) is 31.1. The lowest BCUT2D eigenvalue weighted by molar-refractivity contribution is -0.130. The number of rotatable bonds is 7. The van der Waals surface area contributed by atoms with Crippen molar-refractivity contribution in [1.29, 1.82) is 5.26 Å². The number of anilines is 1. The summed E-state index contributed by atoms with van der Waals surface area (Å²) < 4.78 is 0. The van der Waals surface area contributed by atoms with Crippen molar-refractivity contribution in [3.05, 3.63) is 45.3 Å².